The number of nitrogens with one attached hydrogen (secondary N) is 2. The third-order valence-corrected chi connectivity index (χ3v) is 13.6. The molecule has 2 aliphatic heterocycles. The number of ether oxygens (including phenoxy) is 2. The number of pyridine rings is 1. The van der Waals surface area contributed by atoms with Crippen LogP contribution in [0.15, 0.2) is 36.5 Å². The number of carbonyl (C=O) groups is 5. The Morgan fingerprint density at radius 3 is 2.19 bits per heavy atom. The monoisotopic (exact) mass is 1100 g/mol. The number of fused-ring (bicyclic) bond motifs is 1. The third-order valence-electron chi connectivity index (χ3n) is 12.8. The molecule has 428 valence electrons. The molecule has 0 aliphatic carbocycles. The zero-order valence-electron chi connectivity index (χ0n) is 47.4. The van der Waals surface area contributed by atoms with E-state index in [1.807, 2.05) is 52.5 Å². The van der Waals surface area contributed by atoms with E-state index in [1.54, 1.807) is 44.4 Å². The second kappa shape index (κ2) is 34.2. The van der Waals surface area contributed by atoms with Gasteiger partial charge in [0, 0.05) is 86.9 Å². The van der Waals surface area contributed by atoms with Gasteiger partial charge in [0.05, 0.1) is 35.7 Å². The molecule has 2 fully saturated rings. The molecule has 4 N–H and O–H groups in total. The van der Waals surface area contributed by atoms with Gasteiger partial charge in [-0.25, -0.2) is 10.4 Å². The summed E-state index contributed by atoms with van der Waals surface area (Å²) < 4.78 is 59.2. The molecule has 2 atom stereocenters. The minimum atomic E-state index is -4.50. The number of methoxy groups -OCH3 is 1. The zero-order chi connectivity index (χ0) is 57.8. The van der Waals surface area contributed by atoms with Gasteiger partial charge in [0.15, 0.2) is 0 Å². The molecule has 21 heteroatoms. The average molecular weight is 1100 g/mol. The number of carbonyl (C=O) groups excluding carboxylic acids is 5. The first-order valence-electron chi connectivity index (χ1n) is 26.5. The number of hydrazine groups is 1. The SMILES string of the molecule is CC.CC(C)(C#CC(=O)N1CCCC1)N1CCC1.CC(C)C(C=O)N(C)C=O.CN.COC(C)c1ncccc1-c1c(CC(C)(C)COC=O)c2cc(-c3nc(CCCCCCNNC=O)ns3)ccc2n1CC(F)(F)F. The molecule has 2 saturated heterocycles. The molecule has 77 heavy (non-hydrogen) atoms. The van der Waals surface area contributed by atoms with Crippen molar-refractivity contribution in [1.29, 1.82) is 0 Å². The summed E-state index contributed by atoms with van der Waals surface area (Å²) >= 11 is 1.26. The molecule has 0 spiro atoms. The van der Waals surface area contributed by atoms with Crippen molar-refractivity contribution in [3.05, 3.63) is 53.6 Å². The summed E-state index contributed by atoms with van der Waals surface area (Å²) in [5.74, 6) is 6.85. The fraction of sp³-hybridized carbons (Fsp3) is 0.607. The van der Waals surface area contributed by atoms with Crippen LogP contribution >= 0.6 is 11.5 Å². The van der Waals surface area contributed by atoms with E-state index in [0.717, 1.165) is 82.4 Å². The second-order valence-corrected chi connectivity index (χ2v) is 20.7. The number of rotatable bonds is 24. The molecule has 0 bridgehead atoms. The van der Waals surface area contributed by atoms with Crippen molar-refractivity contribution < 1.29 is 46.6 Å². The number of unbranched alkanes of at least 4 members (excludes halogenated alkanes) is 3. The molecule has 2 unspecified atom stereocenters. The van der Waals surface area contributed by atoms with Crippen LogP contribution in [0.4, 0.5) is 13.2 Å². The van der Waals surface area contributed by atoms with E-state index in [9.17, 15) is 37.1 Å². The van der Waals surface area contributed by atoms with E-state index >= 15 is 0 Å². The smallest absolute Gasteiger partial charge is 0.406 e. The van der Waals surface area contributed by atoms with E-state index in [0.29, 0.717) is 77.1 Å². The van der Waals surface area contributed by atoms with Crippen LogP contribution in [0.2, 0.25) is 0 Å². The Kier molecular flexibility index (Phi) is 29.9. The van der Waals surface area contributed by atoms with Crippen molar-refractivity contribution in [1.82, 2.24) is 44.5 Å². The van der Waals surface area contributed by atoms with E-state index < -0.39 is 24.2 Å². The number of aromatic nitrogens is 4. The minimum Gasteiger partial charge on any atom is -0.467 e. The van der Waals surface area contributed by atoms with Gasteiger partial charge < -0.3 is 34.4 Å². The van der Waals surface area contributed by atoms with Gasteiger partial charge in [-0.2, -0.15) is 17.5 Å². The Hall–Kier alpha value is -5.79. The molecular formula is C56H85F3N10O7S. The molecule has 0 radical (unpaired) electrons. The summed E-state index contributed by atoms with van der Waals surface area (Å²) in [5, 5.41) is 1.33. The molecule has 6 rings (SSSR count). The summed E-state index contributed by atoms with van der Waals surface area (Å²) in [6.45, 7) is 21.6. The fourth-order valence-corrected chi connectivity index (χ4v) is 9.32. The maximum atomic E-state index is 14.2. The summed E-state index contributed by atoms with van der Waals surface area (Å²) in [6, 6.07) is 8.58. The van der Waals surface area contributed by atoms with Gasteiger partial charge in [-0.05, 0) is 126 Å². The number of amides is 3. The molecular weight excluding hydrogens is 1010 g/mol. The fourth-order valence-electron chi connectivity index (χ4n) is 8.62. The summed E-state index contributed by atoms with van der Waals surface area (Å²) in [6.07, 6.45) is 7.05. The molecule has 3 aromatic heterocycles. The minimum absolute atomic E-state index is 0.00565. The summed E-state index contributed by atoms with van der Waals surface area (Å²) in [5.41, 5.74) is 12.3. The van der Waals surface area contributed by atoms with Crippen LogP contribution in [0.5, 0.6) is 0 Å². The number of halogens is 3. The van der Waals surface area contributed by atoms with E-state index in [-0.39, 0.29) is 30.0 Å². The van der Waals surface area contributed by atoms with Gasteiger partial charge in [-0.15, -0.1) is 0 Å². The Bertz CT molecular complexity index is 2480. The first kappa shape index (κ1) is 67.3. The van der Waals surface area contributed by atoms with Crippen molar-refractivity contribution in [2.24, 2.45) is 17.1 Å². The maximum absolute atomic E-state index is 14.2. The zero-order valence-corrected chi connectivity index (χ0v) is 48.2. The van der Waals surface area contributed by atoms with Gasteiger partial charge in [0.2, 0.25) is 12.8 Å². The summed E-state index contributed by atoms with van der Waals surface area (Å²) in [7, 11) is 4.64. The van der Waals surface area contributed by atoms with Crippen LogP contribution in [-0.4, -0.2) is 143 Å². The molecule has 5 heterocycles. The number of benzene rings is 1. The van der Waals surface area contributed by atoms with Gasteiger partial charge in [0.25, 0.3) is 12.4 Å². The number of nitrogens with two attached hydrogens (primary N) is 1. The van der Waals surface area contributed by atoms with Crippen LogP contribution in [0, 0.1) is 23.2 Å². The number of alkyl halides is 3. The quantitative estimate of drug-likeness (QED) is 0.0260. The standard InChI is InChI=1S/C33H41F3N6O4S.C13H20N2O.C7H13NO2.C2H6.CH5N/c1-22(45-4)29-24(10-9-14-37-29)30-26(17-32(2,3)19-46-21-44)25-16-23(12-13-27(25)42(30)18-33(34,35)36)31-40-28(41-47-31)11-7-5-6-8-15-38-39-20-43;1-13(2,15-10-5-11-15)7-6-12(16)14-8-3-4-9-14;1-6(2)7(4-9)8(3)5-10;2*1-2/h9-10,12-14,16,20-22,38H,5-8,11,15,17-19H2,1-4H3,(H,39,43);3-5,8-11H2,1-2H3;4-7H,1-3H3;1-2H3;2H2,1H3. The summed E-state index contributed by atoms with van der Waals surface area (Å²) in [4.78, 5) is 68.5. The lowest BCUT2D eigenvalue weighted by molar-refractivity contribution is -0.139. The highest BCUT2D eigenvalue weighted by Gasteiger charge is 2.35. The van der Waals surface area contributed by atoms with E-state index in [4.69, 9.17) is 14.5 Å². The van der Waals surface area contributed by atoms with Crippen molar-refractivity contribution >= 4 is 53.9 Å². The Balaban J connectivity index is 0.000000548. The number of nitrogens with zero attached hydrogens (tertiary/aromatic N) is 7. The van der Waals surface area contributed by atoms with Crippen molar-refractivity contribution in [3.8, 4) is 33.7 Å². The predicted octanol–water partition coefficient (Wildman–Crippen LogP) is 8.58. The number of aldehydes is 1. The van der Waals surface area contributed by atoms with Crippen LogP contribution in [0.3, 0.4) is 0 Å². The van der Waals surface area contributed by atoms with Gasteiger partial charge in [0.1, 0.15) is 23.7 Å². The number of likely N-dealkylation sites (tertiary alicyclic amines) is 2. The Morgan fingerprint density at radius 2 is 1.64 bits per heavy atom. The van der Waals surface area contributed by atoms with Crippen LogP contribution in [-0.2, 0) is 52.8 Å². The Morgan fingerprint density at radius 1 is 0.961 bits per heavy atom. The average Bonchev–Trinajstić information content (AvgIpc) is 4.17. The normalized spacial score (nSPS) is 14.0. The number of hydrogen-bond acceptors (Lipinski definition) is 14. The largest absolute Gasteiger partial charge is 0.467 e. The highest BCUT2D eigenvalue weighted by molar-refractivity contribution is 7.09. The van der Waals surface area contributed by atoms with E-state index in [1.165, 1.54) is 41.6 Å². The Labute approximate surface area is 458 Å². The highest BCUT2D eigenvalue weighted by Crippen LogP contribution is 2.43. The molecule has 4 aromatic rings. The highest BCUT2D eigenvalue weighted by atomic mass is 32.1. The molecule has 1 aromatic carbocycles. The molecule has 17 nitrogen and oxygen atoms in total. The van der Waals surface area contributed by atoms with Crippen LogP contribution < -0.4 is 16.6 Å². The number of hydrogen-bond donors (Lipinski definition) is 3. The van der Waals surface area contributed by atoms with Crippen LogP contribution in [0.25, 0.3) is 32.7 Å². The lowest BCUT2D eigenvalue weighted by Gasteiger charge is -2.41. The number of likely N-dealkylation sites (N-methyl/N-ethyl adjacent to an activating group) is 1. The topological polar surface area (TPSA) is 207 Å². The van der Waals surface area contributed by atoms with Crippen molar-refractivity contribution in [2.75, 3.05) is 60.5 Å². The molecule has 2 aliphatic rings. The van der Waals surface area contributed by atoms with Gasteiger partial charge in [-0.3, -0.25) is 34.5 Å². The van der Waals surface area contributed by atoms with Gasteiger partial charge >= 0.3 is 6.18 Å². The van der Waals surface area contributed by atoms with Gasteiger partial charge in [-0.1, -0.05) is 60.3 Å². The first-order chi connectivity index (χ1) is 36.7. The number of aryl methyl sites for hydroxylation is 1. The van der Waals surface area contributed by atoms with E-state index in [2.05, 4.69) is 56.5 Å². The van der Waals surface area contributed by atoms with Crippen molar-refractivity contribution in [3.63, 3.8) is 0 Å². The molecule has 0 saturated carbocycles. The maximum Gasteiger partial charge on any atom is 0.406 e. The predicted molar refractivity (Wildman–Crippen MR) is 298 cm³/mol. The lowest BCUT2D eigenvalue weighted by Crippen LogP contribution is -2.51. The van der Waals surface area contributed by atoms with Crippen LogP contribution in [0.1, 0.15) is 130 Å². The molecule has 3 amide bonds. The second-order valence-electron chi connectivity index (χ2n) is 20.0. The third kappa shape index (κ3) is 21.5. The van der Waals surface area contributed by atoms with Crippen molar-refractivity contribution in [2.45, 2.75) is 151 Å². The first-order valence-corrected chi connectivity index (χ1v) is 27.3. The lowest BCUT2D eigenvalue weighted by atomic mass is 9.84.